The monoisotopic (exact) mass is 344 g/mol. The van der Waals surface area contributed by atoms with Gasteiger partial charge in [-0.1, -0.05) is 19.3 Å². The molecule has 1 saturated heterocycles. The molecule has 1 N–H and O–H groups in total. The Bertz CT molecular complexity index is 560. The first-order chi connectivity index (χ1) is 12.2. The van der Waals surface area contributed by atoms with Crippen molar-refractivity contribution < 1.29 is 4.79 Å². The summed E-state index contributed by atoms with van der Waals surface area (Å²) in [6, 6.07) is 2.26. The van der Waals surface area contributed by atoms with Gasteiger partial charge in [0.2, 0.25) is 5.91 Å². The quantitative estimate of drug-likeness (QED) is 0.863. The van der Waals surface area contributed by atoms with Crippen molar-refractivity contribution in [1.29, 1.82) is 0 Å². The van der Waals surface area contributed by atoms with Crippen LogP contribution in [-0.4, -0.2) is 46.3 Å². The highest BCUT2D eigenvalue weighted by molar-refractivity contribution is 5.85. The molecule has 1 atom stereocenters. The number of hydrogen-bond donors (Lipinski definition) is 1. The molecule has 1 amide bonds. The molecule has 1 unspecified atom stereocenters. The molecule has 0 radical (unpaired) electrons. The van der Waals surface area contributed by atoms with E-state index in [4.69, 9.17) is 0 Å². The third kappa shape index (κ3) is 4.25. The molecule has 2 heterocycles. The van der Waals surface area contributed by atoms with Gasteiger partial charge in [-0.2, -0.15) is 5.10 Å². The summed E-state index contributed by atoms with van der Waals surface area (Å²) >= 11 is 0. The zero-order valence-electron chi connectivity index (χ0n) is 15.3. The highest BCUT2D eigenvalue weighted by Gasteiger charge is 2.50. The van der Waals surface area contributed by atoms with Gasteiger partial charge in [-0.15, -0.1) is 0 Å². The van der Waals surface area contributed by atoms with Crippen LogP contribution in [0.25, 0.3) is 0 Å². The first-order valence-corrected chi connectivity index (χ1v) is 10.2. The molecule has 138 valence electrons. The van der Waals surface area contributed by atoms with Crippen LogP contribution in [0.4, 0.5) is 0 Å². The molecular weight excluding hydrogens is 312 g/mol. The highest BCUT2D eigenvalue weighted by atomic mass is 16.2. The minimum atomic E-state index is -0.197. The predicted octanol–water partition coefficient (Wildman–Crippen LogP) is 2.82. The molecule has 1 aromatic rings. The lowest BCUT2D eigenvalue weighted by Crippen LogP contribution is -2.51. The molecule has 2 saturated carbocycles. The molecule has 25 heavy (non-hydrogen) atoms. The first kappa shape index (κ1) is 17.1. The van der Waals surface area contributed by atoms with Crippen LogP contribution < -0.4 is 5.32 Å². The highest BCUT2D eigenvalue weighted by Crippen LogP contribution is 2.47. The van der Waals surface area contributed by atoms with Crippen LogP contribution in [-0.2, 0) is 11.3 Å². The largest absolute Gasteiger partial charge is 0.352 e. The van der Waals surface area contributed by atoms with Gasteiger partial charge < -0.3 is 10.2 Å². The van der Waals surface area contributed by atoms with Gasteiger partial charge in [-0.25, -0.2) is 0 Å². The standard InChI is InChI=1S/C20H32N4O/c25-19(20(9-10-20)16-24-13-5-11-21-24)22-18-8-4-12-23(15-18)14-17-6-2-1-3-7-17/h5,11,13,17-18H,1-4,6-10,12,14-16H2,(H,22,25). The molecule has 1 aromatic heterocycles. The third-order valence-corrected chi connectivity index (χ3v) is 6.44. The number of amides is 1. The molecule has 0 aromatic carbocycles. The Balaban J connectivity index is 1.27. The van der Waals surface area contributed by atoms with Crippen molar-refractivity contribution in [2.75, 3.05) is 19.6 Å². The lowest BCUT2D eigenvalue weighted by atomic mass is 9.88. The third-order valence-electron chi connectivity index (χ3n) is 6.44. The molecular formula is C20H32N4O. The second-order valence-corrected chi connectivity index (χ2v) is 8.56. The fourth-order valence-electron chi connectivity index (χ4n) is 4.72. The number of likely N-dealkylation sites (tertiary alicyclic amines) is 1. The van der Waals surface area contributed by atoms with Crippen molar-refractivity contribution in [3.05, 3.63) is 18.5 Å². The van der Waals surface area contributed by atoms with Crippen molar-refractivity contribution >= 4 is 5.91 Å². The van der Waals surface area contributed by atoms with E-state index in [1.165, 1.54) is 51.6 Å². The fraction of sp³-hybridized carbons (Fsp3) is 0.800. The van der Waals surface area contributed by atoms with E-state index >= 15 is 0 Å². The predicted molar refractivity (Wildman–Crippen MR) is 98.1 cm³/mol. The van der Waals surface area contributed by atoms with E-state index in [1.54, 1.807) is 6.20 Å². The van der Waals surface area contributed by atoms with Gasteiger partial charge in [0.15, 0.2) is 0 Å². The van der Waals surface area contributed by atoms with E-state index in [1.807, 2.05) is 16.9 Å². The lowest BCUT2D eigenvalue weighted by molar-refractivity contribution is -0.128. The van der Waals surface area contributed by atoms with E-state index in [-0.39, 0.29) is 11.3 Å². The van der Waals surface area contributed by atoms with Crippen LogP contribution in [0.5, 0.6) is 0 Å². The topological polar surface area (TPSA) is 50.2 Å². The van der Waals surface area contributed by atoms with Crippen LogP contribution >= 0.6 is 0 Å². The summed E-state index contributed by atoms with van der Waals surface area (Å²) < 4.78 is 1.91. The van der Waals surface area contributed by atoms with Crippen molar-refractivity contribution in [3.8, 4) is 0 Å². The Labute approximate surface area is 151 Å². The first-order valence-electron chi connectivity index (χ1n) is 10.2. The van der Waals surface area contributed by atoms with E-state index in [0.29, 0.717) is 6.04 Å². The van der Waals surface area contributed by atoms with E-state index in [0.717, 1.165) is 38.3 Å². The Morgan fingerprint density at radius 1 is 1.16 bits per heavy atom. The van der Waals surface area contributed by atoms with Crippen LogP contribution in [0.3, 0.4) is 0 Å². The molecule has 1 aliphatic heterocycles. The molecule has 4 rings (SSSR count). The Morgan fingerprint density at radius 2 is 2.00 bits per heavy atom. The smallest absolute Gasteiger partial charge is 0.228 e. The molecule has 5 nitrogen and oxygen atoms in total. The molecule has 0 bridgehead atoms. The zero-order chi connectivity index (χ0) is 17.1. The lowest BCUT2D eigenvalue weighted by Gasteiger charge is -2.36. The Morgan fingerprint density at radius 3 is 2.72 bits per heavy atom. The van der Waals surface area contributed by atoms with Gasteiger partial charge in [0.1, 0.15) is 0 Å². The summed E-state index contributed by atoms with van der Waals surface area (Å²) in [6.45, 7) is 4.22. The van der Waals surface area contributed by atoms with Gasteiger partial charge >= 0.3 is 0 Å². The molecule has 3 fully saturated rings. The minimum Gasteiger partial charge on any atom is -0.352 e. The summed E-state index contributed by atoms with van der Waals surface area (Å²) in [5.41, 5.74) is -0.197. The number of nitrogens with one attached hydrogen (secondary N) is 1. The summed E-state index contributed by atoms with van der Waals surface area (Å²) in [7, 11) is 0. The Hall–Kier alpha value is -1.36. The van der Waals surface area contributed by atoms with Crippen LogP contribution in [0.15, 0.2) is 18.5 Å². The zero-order valence-corrected chi connectivity index (χ0v) is 15.3. The maximum Gasteiger partial charge on any atom is 0.228 e. The summed E-state index contributed by atoms with van der Waals surface area (Å²) in [5, 5.41) is 7.66. The molecule has 2 aliphatic carbocycles. The summed E-state index contributed by atoms with van der Waals surface area (Å²) in [5.74, 6) is 1.14. The minimum absolute atomic E-state index is 0.197. The normalized spacial score (nSPS) is 27.1. The molecule has 5 heteroatoms. The second kappa shape index (κ2) is 7.48. The number of nitrogens with zero attached hydrogens (tertiary/aromatic N) is 3. The fourth-order valence-corrected chi connectivity index (χ4v) is 4.72. The van der Waals surface area contributed by atoms with E-state index < -0.39 is 0 Å². The van der Waals surface area contributed by atoms with Gasteiger partial charge in [-0.3, -0.25) is 9.48 Å². The molecule has 0 spiro atoms. The second-order valence-electron chi connectivity index (χ2n) is 8.56. The maximum atomic E-state index is 12.8. The van der Waals surface area contributed by atoms with Crippen molar-refractivity contribution in [2.24, 2.45) is 11.3 Å². The van der Waals surface area contributed by atoms with Gasteiger partial charge in [0.25, 0.3) is 0 Å². The van der Waals surface area contributed by atoms with Gasteiger partial charge in [0.05, 0.1) is 12.0 Å². The van der Waals surface area contributed by atoms with Crippen molar-refractivity contribution in [3.63, 3.8) is 0 Å². The van der Waals surface area contributed by atoms with Crippen LogP contribution in [0.2, 0.25) is 0 Å². The Kier molecular flexibility index (Phi) is 5.11. The maximum absolute atomic E-state index is 12.8. The van der Waals surface area contributed by atoms with Crippen LogP contribution in [0.1, 0.15) is 57.8 Å². The summed E-state index contributed by atoms with van der Waals surface area (Å²) in [4.78, 5) is 15.5. The van der Waals surface area contributed by atoms with Gasteiger partial charge in [-0.05, 0) is 57.1 Å². The number of piperidine rings is 1. The molecule has 3 aliphatic rings. The van der Waals surface area contributed by atoms with Crippen molar-refractivity contribution in [1.82, 2.24) is 20.0 Å². The number of rotatable bonds is 6. The van der Waals surface area contributed by atoms with Crippen molar-refractivity contribution in [2.45, 2.75) is 70.4 Å². The van der Waals surface area contributed by atoms with E-state index in [2.05, 4.69) is 15.3 Å². The number of carbonyl (C=O) groups is 1. The SMILES string of the molecule is O=C(NC1CCCN(CC2CCCCC2)C1)C1(Cn2cccn2)CC1. The van der Waals surface area contributed by atoms with E-state index in [9.17, 15) is 4.79 Å². The van der Waals surface area contributed by atoms with Crippen LogP contribution in [0, 0.1) is 11.3 Å². The average molecular weight is 345 g/mol. The summed E-state index contributed by atoms with van der Waals surface area (Å²) in [6.07, 6.45) is 15.1. The number of hydrogen-bond acceptors (Lipinski definition) is 3. The van der Waals surface area contributed by atoms with Gasteiger partial charge in [0, 0.05) is 31.5 Å². The number of aromatic nitrogens is 2. The number of carbonyl (C=O) groups excluding carboxylic acids is 1. The average Bonchev–Trinajstić information content (AvgIpc) is 3.22.